The minimum absolute atomic E-state index is 0.00106. The molecule has 2 aromatic rings. The highest BCUT2D eigenvalue weighted by molar-refractivity contribution is 5.30. The molecule has 0 aliphatic rings. The number of nitrogens with two attached hydrogens (primary N) is 1. The van der Waals surface area contributed by atoms with Gasteiger partial charge in [0, 0.05) is 30.8 Å². The van der Waals surface area contributed by atoms with Gasteiger partial charge in [0.1, 0.15) is 0 Å². The summed E-state index contributed by atoms with van der Waals surface area (Å²) in [5.74, 6) is 0. The molecule has 100 valence electrons. The molecule has 2 N–H and O–H groups in total. The molecular weight excluding hydrogens is 255 g/mol. The van der Waals surface area contributed by atoms with Crippen molar-refractivity contribution in [3.05, 3.63) is 59.7 Å². The highest BCUT2D eigenvalue weighted by atomic mass is 19.4. The van der Waals surface area contributed by atoms with Gasteiger partial charge in [0.15, 0.2) is 0 Å². The number of hydrogen-bond acceptors (Lipinski definition) is 3. The summed E-state index contributed by atoms with van der Waals surface area (Å²) < 4.78 is 38.6. The standard InChI is InChI=1S/C13H12F3N3/c14-13(15,16)11-3-5-19-8-10(11)12(17)6-9-2-1-4-18-7-9/h1-5,7-8,12H,6,17H2. The normalized spacial score (nSPS) is 13.3. The Labute approximate surface area is 108 Å². The minimum Gasteiger partial charge on any atom is -0.324 e. The molecule has 0 aliphatic heterocycles. The van der Waals surface area contributed by atoms with Crippen LogP contribution in [0.3, 0.4) is 0 Å². The third kappa shape index (κ3) is 3.29. The van der Waals surface area contributed by atoms with Crippen molar-refractivity contribution in [2.24, 2.45) is 5.73 Å². The molecule has 19 heavy (non-hydrogen) atoms. The summed E-state index contributed by atoms with van der Waals surface area (Å²) in [5, 5.41) is 0. The molecule has 1 atom stereocenters. The van der Waals surface area contributed by atoms with Crippen molar-refractivity contribution in [2.45, 2.75) is 18.6 Å². The molecule has 2 aromatic heterocycles. The average Bonchev–Trinajstić information content (AvgIpc) is 2.39. The lowest BCUT2D eigenvalue weighted by Gasteiger charge is -2.17. The van der Waals surface area contributed by atoms with E-state index in [0.29, 0.717) is 0 Å². The molecule has 0 bridgehead atoms. The number of rotatable bonds is 3. The second-order valence-corrected chi connectivity index (χ2v) is 4.13. The Kier molecular flexibility index (Phi) is 3.80. The molecule has 2 rings (SSSR count). The van der Waals surface area contributed by atoms with E-state index >= 15 is 0 Å². The van der Waals surface area contributed by atoms with Crippen LogP contribution >= 0.6 is 0 Å². The van der Waals surface area contributed by atoms with E-state index in [4.69, 9.17) is 5.73 Å². The van der Waals surface area contributed by atoms with Gasteiger partial charge < -0.3 is 5.73 Å². The molecule has 1 unspecified atom stereocenters. The zero-order valence-corrected chi connectivity index (χ0v) is 9.93. The molecule has 0 aliphatic carbocycles. The van der Waals surface area contributed by atoms with Gasteiger partial charge in [0.05, 0.1) is 5.56 Å². The number of hydrogen-bond donors (Lipinski definition) is 1. The van der Waals surface area contributed by atoms with Crippen LogP contribution in [0.2, 0.25) is 0 Å². The SMILES string of the molecule is NC(Cc1cccnc1)c1cnccc1C(F)(F)F. The van der Waals surface area contributed by atoms with Crippen molar-refractivity contribution < 1.29 is 13.2 Å². The number of pyridine rings is 2. The Balaban J connectivity index is 2.27. The minimum atomic E-state index is -4.43. The van der Waals surface area contributed by atoms with Gasteiger partial charge in [-0.15, -0.1) is 0 Å². The van der Waals surface area contributed by atoms with Gasteiger partial charge in [0.2, 0.25) is 0 Å². The lowest BCUT2D eigenvalue weighted by atomic mass is 9.98. The van der Waals surface area contributed by atoms with E-state index < -0.39 is 17.8 Å². The van der Waals surface area contributed by atoms with Gasteiger partial charge in [-0.05, 0) is 29.7 Å². The fraction of sp³-hybridized carbons (Fsp3) is 0.231. The predicted octanol–water partition coefficient (Wildman–Crippen LogP) is 2.74. The van der Waals surface area contributed by atoms with Crippen molar-refractivity contribution in [2.75, 3.05) is 0 Å². The van der Waals surface area contributed by atoms with Crippen LogP contribution in [0.1, 0.15) is 22.7 Å². The molecule has 0 amide bonds. The molecule has 0 fully saturated rings. The van der Waals surface area contributed by atoms with Gasteiger partial charge in [-0.2, -0.15) is 13.2 Å². The van der Waals surface area contributed by atoms with Crippen LogP contribution in [0.15, 0.2) is 43.0 Å². The summed E-state index contributed by atoms with van der Waals surface area (Å²) in [5.41, 5.74) is 5.90. The molecular formula is C13H12F3N3. The fourth-order valence-electron chi connectivity index (χ4n) is 1.84. The van der Waals surface area contributed by atoms with Gasteiger partial charge >= 0.3 is 6.18 Å². The Hall–Kier alpha value is -1.95. The molecule has 2 heterocycles. The van der Waals surface area contributed by atoms with Crippen LogP contribution in [0, 0.1) is 0 Å². The summed E-state index contributed by atoms with van der Waals surface area (Å²) >= 11 is 0. The molecule has 3 nitrogen and oxygen atoms in total. The third-order valence-corrected chi connectivity index (χ3v) is 2.74. The number of alkyl halides is 3. The molecule has 6 heteroatoms. The quantitative estimate of drug-likeness (QED) is 0.930. The highest BCUT2D eigenvalue weighted by Gasteiger charge is 2.34. The lowest BCUT2D eigenvalue weighted by Crippen LogP contribution is -2.19. The van der Waals surface area contributed by atoms with Crippen molar-refractivity contribution in [3.63, 3.8) is 0 Å². The molecule has 0 saturated heterocycles. The van der Waals surface area contributed by atoms with Gasteiger partial charge in [-0.3, -0.25) is 9.97 Å². The van der Waals surface area contributed by atoms with E-state index in [0.717, 1.165) is 17.8 Å². The Bertz CT molecular complexity index is 540. The summed E-state index contributed by atoms with van der Waals surface area (Å²) in [7, 11) is 0. The van der Waals surface area contributed by atoms with Crippen LogP contribution in [-0.2, 0) is 12.6 Å². The molecule has 0 radical (unpaired) electrons. The first kappa shape index (κ1) is 13.5. The first-order chi connectivity index (χ1) is 8.98. The largest absolute Gasteiger partial charge is 0.416 e. The molecule has 0 saturated carbocycles. The monoisotopic (exact) mass is 267 g/mol. The number of halogens is 3. The van der Waals surface area contributed by atoms with Crippen LogP contribution in [0.5, 0.6) is 0 Å². The van der Waals surface area contributed by atoms with E-state index in [-0.39, 0.29) is 12.0 Å². The maximum atomic E-state index is 12.9. The van der Waals surface area contributed by atoms with Gasteiger partial charge in [0.25, 0.3) is 0 Å². The Morgan fingerprint density at radius 1 is 1.11 bits per heavy atom. The van der Waals surface area contributed by atoms with E-state index in [1.165, 1.54) is 6.20 Å². The van der Waals surface area contributed by atoms with Crippen molar-refractivity contribution in [3.8, 4) is 0 Å². The average molecular weight is 267 g/mol. The first-order valence-electron chi connectivity index (χ1n) is 5.64. The van der Waals surface area contributed by atoms with E-state index in [9.17, 15) is 13.2 Å². The van der Waals surface area contributed by atoms with Crippen molar-refractivity contribution >= 4 is 0 Å². The summed E-state index contributed by atoms with van der Waals surface area (Å²) in [6, 6.07) is 3.67. The fourth-order valence-corrected chi connectivity index (χ4v) is 1.84. The molecule has 0 aromatic carbocycles. The summed E-state index contributed by atoms with van der Waals surface area (Å²) in [6.45, 7) is 0. The first-order valence-corrected chi connectivity index (χ1v) is 5.64. The Morgan fingerprint density at radius 3 is 2.47 bits per heavy atom. The maximum absolute atomic E-state index is 12.9. The van der Waals surface area contributed by atoms with Gasteiger partial charge in [-0.25, -0.2) is 0 Å². The van der Waals surface area contributed by atoms with Crippen LogP contribution in [0.4, 0.5) is 13.2 Å². The predicted molar refractivity (Wildman–Crippen MR) is 64.1 cm³/mol. The summed E-state index contributed by atoms with van der Waals surface area (Å²) in [6.07, 6.45) is 1.32. The van der Waals surface area contributed by atoms with E-state index in [2.05, 4.69) is 9.97 Å². The zero-order chi connectivity index (χ0) is 13.9. The van der Waals surface area contributed by atoms with Crippen LogP contribution < -0.4 is 5.73 Å². The third-order valence-electron chi connectivity index (χ3n) is 2.74. The highest BCUT2D eigenvalue weighted by Crippen LogP contribution is 2.34. The molecule has 0 spiro atoms. The van der Waals surface area contributed by atoms with Crippen molar-refractivity contribution in [1.82, 2.24) is 9.97 Å². The zero-order valence-electron chi connectivity index (χ0n) is 9.93. The Morgan fingerprint density at radius 2 is 1.84 bits per heavy atom. The topological polar surface area (TPSA) is 51.8 Å². The summed E-state index contributed by atoms with van der Waals surface area (Å²) in [4.78, 5) is 7.64. The lowest BCUT2D eigenvalue weighted by molar-refractivity contribution is -0.138. The van der Waals surface area contributed by atoms with Crippen molar-refractivity contribution in [1.29, 1.82) is 0 Å². The van der Waals surface area contributed by atoms with Crippen LogP contribution in [-0.4, -0.2) is 9.97 Å². The second kappa shape index (κ2) is 5.36. The van der Waals surface area contributed by atoms with Gasteiger partial charge in [-0.1, -0.05) is 6.07 Å². The smallest absolute Gasteiger partial charge is 0.324 e. The number of aromatic nitrogens is 2. The maximum Gasteiger partial charge on any atom is 0.416 e. The van der Waals surface area contributed by atoms with E-state index in [1.807, 2.05) is 0 Å². The second-order valence-electron chi connectivity index (χ2n) is 4.13. The van der Waals surface area contributed by atoms with Crippen LogP contribution in [0.25, 0.3) is 0 Å². The number of nitrogens with zero attached hydrogens (tertiary/aromatic N) is 2. The van der Waals surface area contributed by atoms with E-state index in [1.54, 1.807) is 24.5 Å².